The Morgan fingerprint density at radius 2 is 1.15 bits per heavy atom. The summed E-state index contributed by atoms with van der Waals surface area (Å²) in [6.07, 6.45) is 9.09. The molecule has 0 aromatic rings. The first-order valence-corrected chi connectivity index (χ1v) is 9.09. The number of hydrogen-bond acceptors (Lipinski definition) is 5. The fraction of sp³-hybridized carbons (Fsp3) is 0.833. The van der Waals surface area contributed by atoms with E-state index in [-0.39, 0.29) is 0 Å². The zero-order valence-electron chi connectivity index (χ0n) is 16.2. The Labute approximate surface area is 155 Å². The highest BCUT2D eigenvalue weighted by atomic mass is 16.4. The van der Waals surface area contributed by atoms with Gasteiger partial charge in [-0.1, -0.05) is 51.9 Å². The van der Waals surface area contributed by atoms with Gasteiger partial charge in [0.15, 0.2) is 5.60 Å². The summed E-state index contributed by atoms with van der Waals surface area (Å²) in [6.45, 7) is 3.53. The zero-order valence-corrected chi connectivity index (χ0v) is 16.2. The van der Waals surface area contributed by atoms with Crippen LogP contribution in [-0.4, -0.2) is 69.5 Å². The lowest BCUT2D eigenvalue weighted by molar-refractivity contribution is -0.170. The van der Waals surface area contributed by atoms with Crippen molar-refractivity contribution in [2.45, 2.75) is 76.7 Å². The molecule has 0 aromatic heterocycles. The Balaban J connectivity index is 0. The van der Waals surface area contributed by atoms with E-state index in [2.05, 4.69) is 25.9 Å². The maximum atomic E-state index is 10.3. The lowest BCUT2D eigenvalue weighted by atomic mass is 9.96. The molecule has 0 aromatic carbocycles. The van der Waals surface area contributed by atoms with Gasteiger partial charge in [-0.2, -0.15) is 0 Å². The predicted molar refractivity (Wildman–Crippen MR) is 98.3 cm³/mol. The maximum Gasteiger partial charge on any atom is 0.336 e. The second kappa shape index (κ2) is 15.6. The van der Waals surface area contributed by atoms with Gasteiger partial charge < -0.3 is 25.3 Å². The summed E-state index contributed by atoms with van der Waals surface area (Å²) in [6, 6.07) is 0. The van der Waals surface area contributed by atoms with E-state index in [1.165, 1.54) is 57.9 Å². The van der Waals surface area contributed by atoms with Crippen LogP contribution >= 0.6 is 0 Å². The van der Waals surface area contributed by atoms with Crippen LogP contribution < -0.4 is 0 Å². The van der Waals surface area contributed by atoms with E-state index < -0.39 is 36.4 Å². The van der Waals surface area contributed by atoms with Crippen molar-refractivity contribution in [1.29, 1.82) is 0 Å². The second-order valence-corrected chi connectivity index (χ2v) is 6.76. The summed E-state index contributed by atoms with van der Waals surface area (Å²) in [4.78, 5) is 32.8. The van der Waals surface area contributed by atoms with Gasteiger partial charge >= 0.3 is 17.9 Å². The average Bonchev–Trinajstić information content (AvgIpc) is 2.48. The van der Waals surface area contributed by atoms with Crippen molar-refractivity contribution in [1.82, 2.24) is 4.90 Å². The molecule has 0 radical (unpaired) electrons. The number of nitrogens with zero attached hydrogens (tertiary/aromatic N) is 1. The number of aliphatic hydroxyl groups is 1. The Morgan fingerprint density at radius 1 is 0.769 bits per heavy atom. The van der Waals surface area contributed by atoms with Gasteiger partial charge in [0.2, 0.25) is 0 Å². The van der Waals surface area contributed by atoms with Crippen molar-refractivity contribution in [2.24, 2.45) is 0 Å². The molecule has 0 aliphatic rings. The first kappa shape index (κ1) is 26.6. The van der Waals surface area contributed by atoms with Gasteiger partial charge in [0.05, 0.1) is 12.8 Å². The highest BCUT2D eigenvalue weighted by Gasteiger charge is 2.40. The van der Waals surface area contributed by atoms with Gasteiger partial charge in [0.25, 0.3) is 0 Å². The fourth-order valence-electron chi connectivity index (χ4n) is 2.28. The van der Waals surface area contributed by atoms with Gasteiger partial charge in [-0.25, -0.2) is 4.79 Å². The Hall–Kier alpha value is -1.67. The van der Waals surface area contributed by atoms with Crippen molar-refractivity contribution in [3.63, 3.8) is 0 Å². The largest absolute Gasteiger partial charge is 0.481 e. The third-order valence-corrected chi connectivity index (χ3v) is 3.74. The predicted octanol–water partition coefficient (Wildman–Crippen LogP) is 2.44. The van der Waals surface area contributed by atoms with E-state index in [0.29, 0.717) is 0 Å². The van der Waals surface area contributed by atoms with E-state index in [4.69, 9.17) is 20.4 Å². The molecule has 0 unspecified atom stereocenters. The van der Waals surface area contributed by atoms with Crippen molar-refractivity contribution < 1.29 is 34.8 Å². The molecule has 8 heteroatoms. The van der Waals surface area contributed by atoms with Crippen LogP contribution in [0, 0.1) is 0 Å². The summed E-state index contributed by atoms with van der Waals surface area (Å²) in [5.74, 6) is -5.02. The van der Waals surface area contributed by atoms with Crippen molar-refractivity contribution in [3.8, 4) is 0 Å². The smallest absolute Gasteiger partial charge is 0.336 e. The number of rotatable bonds is 14. The zero-order chi connectivity index (χ0) is 20.6. The number of carbonyl (C=O) groups is 3. The molecule has 154 valence electrons. The molecule has 26 heavy (non-hydrogen) atoms. The Bertz CT molecular complexity index is 394. The molecular weight excluding hydrogens is 342 g/mol. The molecular formula is C18H35NO7. The summed E-state index contributed by atoms with van der Waals surface area (Å²) in [7, 11) is 4.31. The average molecular weight is 377 g/mol. The maximum absolute atomic E-state index is 10.3. The molecule has 0 amide bonds. The minimum absolute atomic E-state index is 1.14. The molecule has 0 bridgehead atoms. The van der Waals surface area contributed by atoms with Crippen LogP contribution in [0.25, 0.3) is 0 Å². The molecule has 0 aliphatic heterocycles. The lowest BCUT2D eigenvalue weighted by Gasteiger charge is -2.18. The highest BCUT2D eigenvalue weighted by Crippen LogP contribution is 2.15. The van der Waals surface area contributed by atoms with E-state index >= 15 is 0 Å². The van der Waals surface area contributed by atoms with Crippen LogP contribution in [-0.2, 0) is 14.4 Å². The second-order valence-electron chi connectivity index (χ2n) is 6.76. The quantitative estimate of drug-likeness (QED) is 0.339. The van der Waals surface area contributed by atoms with Crippen LogP contribution in [0.4, 0.5) is 0 Å². The summed E-state index contributed by atoms with van der Waals surface area (Å²) in [5, 5.41) is 33.8. The van der Waals surface area contributed by atoms with E-state index in [1.807, 2.05) is 0 Å². The summed E-state index contributed by atoms with van der Waals surface area (Å²) >= 11 is 0. The van der Waals surface area contributed by atoms with Gasteiger partial charge in [-0.15, -0.1) is 0 Å². The first-order chi connectivity index (χ1) is 12.0. The van der Waals surface area contributed by atoms with E-state index in [1.54, 1.807) is 0 Å². The molecule has 4 N–H and O–H groups in total. The number of unbranched alkanes of at least 4 members (excludes halogenated alkanes) is 7. The van der Waals surface area contributed by atoms with Crippen LogP contribution in [0.5, 0.6) is 0 Å². The van der Waals surface area contributed by atoms with Gasteiger partial charge in [-0.05, 0) is 27.1 Å². The van der Waals surface area contributed by atoms with Crippen molar-refractivity contribution in [2.75, 3.05) is 20.6 Å². The first-order valence-electron chi connectivity index (χ1n) is 9.09. The molecule has 0 rings (SSSR count). The van der Waals surface area contributed by atoms with Crippen molar-refractivity contribution in [3.05, 3.63) is 0 Å². The monoisotopic (exact) mass is 377 g/mol. The minimum Gasteiger partial charge on any atom is -0.481 e. The topological polar surface area (TPSA) is 135 Å². The molecule has 0 spiro atoms. The normalized spacial score (nSPS) is 11.0. The van der Waals surface area contributed by atoms with E-state index in [0.717, 1.165) is 0 Å². The lowest BCUT2D eigenvalue weighted by Crippen LogP contribution is -2.42. The Morgan fingerprint density at radius 3 is 1.46 bits per heavy atom. The van der Waals surface area contributed by atoms with Gasteiger partial charge in [-0.3, -0.25) is 9.59 Å². The number of carboxylic acid groups (broad SMARTS) is 3. The number of hydrogen-bond donors (Lipinski definition) is 4. The summed E-state index contributed by atoms with van der Waals surface area (Å²) in [5.41, 5.74) is -2.74. The third-order valence-electron chi connectivity index (χ3n) is 3.74. The number of carboxylic acids is 3. The molecule has 0 saturated carbocycles. The fourth-order valence-corrected chi connectivity index (χ4v) is 2.28. The third kappa shape index (κ3) is 17.2. The minimum atomic E-state index is -2.74. The number of aliphatic carboxylic acids is 3. The Kier molecular flexibility index (Phi) is 15.9. The summed E-state index contributed by atoms with van der Waals surface area (Å²) < 4.78 is 0. The molecule has 0 saturated heterocycles. The molecule has 0 atom stereocenters. The van der Waals surface area contributed by atoms with Gasteiger partial charge in [0, 0.05) is 0 Å². The standard InChI is InChI=1S/C12H27N.C6H8O7/c1-4-5-6-7-8-9-10-11-12-13(2)3;7-3(8)1-6(13,5(11)12)2-4(9)10/h4-12H2,1-3H3;13H,1-2H2,(H,7,8)(H,9,10)(H,11,12). The molecule has 0 heterocycles. The van der Waals surface area contributed by atoms with Crippen LogP contribution in [0.3, 0.4) is 0 Å². The van der Waals surface area contributed by atoms with Crippen LogP contribution in [0.2, 0.25) is 0 Å². The highest BCUT2D eigenvalue weighted by molar-refractivity contribution is 5.88. The van der Waals surface area contributed by atoms with Crippen LogP contribution in [0.15, 0.2) is 0 Å². The van der Waals surface area contributed by atoms with Crippen molar-refractivity contribution >= 4 is 17.9 Å². The van der Waals surface area contributed by atoms with E-state index in [9.17, 15) is 14.4 Å². The molecule has 8 nitrogen and oxygen atoms in total. The van der Waals surface area contributed by atoms with Crippen LogP contribution in [0.1, 0.15) is 71.1 Å². The molecule has 0 fully saturated rings. The SMILES string of the molecule is CCCCCCCCCCN(C)C.O=C(O)CC(O)(CC(=O)O)C(=O)O. The van der Waals surface area contributed by atoms with Gasteiger partial charge in [0.1, 0.15) is 0 Å². The molecule has 0 aliphatic carbocycles.